The number of urea groups is 1. The Morgan fingerprint density at radius 1 is 0.469 bits per heavy atom. The molecule has 3 amide bonds. The molecular formula is C73H92Cl2N14O7S2. The van der Waals surface area contributed by atoms with Crippen molar-refractivity contribution in [2.75, 3.05) is 154 Å². The van der Waals surface area contributed by atoms with Gasteiger partial charge in [-0.1, -0.05) is 53.5 Å². The van der Waals surface area contributed by atoms with Crippen LogP contribution in [0.4, 0.5) is 38.9 Å². The number of hydrogen-bond acceptors (Lipinski definition) is 13. The number of imide groups is 1. The second-order valence-corrected chi connectivity index (χ2v) is 33.2. The highest BCUT2D eigenvalue weighted by atomic mass is 35.5. The zero-order chi connectivity index (χ0) is 68.9. The number of carbonyl (C=O) groups is 2. The number of ether oxygens (including phenoxy) is 1. The van der Waals surface area contributed by atoms with Gasteiger partial charge in [-0.3, -0.25) is 10.1 Å². The van der Waals surface area contributed by atoms with Crippen molar-refractivity contribution >= 4 is 133 Å². The number of aromatic nitrogens is 4. The number of nitrogens with zero attached hydrogens (tertiary/aromatic N) is 9. The summed E-state index contributed by atoms with van der Waals surface area (Å²) in [6.07, 6.45) is 16.6. The van der Waals surface area contributed by atoms with Gasteiger partial charge in [0.05, 0.1) is 25.7 Å². The first kappa shape index (κ1) is 68.9. The van der Waals surface area contributed by atoms with Crippen LogP contribution >= 0.6 is 23.2 Å². The summed E-state index contributed by atoms with van der Waals surface area (Å²) in [4.78, 5) is 52.8. The number of aromatic amines is 4. The van der Waals surface area contributed by atoms with Crippen molar-refractivity contribution in [3.63, 3.8) is 0 Å². The third-order valence-electron chi connectivity index (χ3n) is 21.1. The molecule has 5 aromatic carbocycles. The van der Waals surface area contributed by atoms with E-state index in [1.165, 1.54) is 82.7 Å². The minimum atomic E-state index is -3.22. The minimum absolute atomic E-state index is 0.178. The lowest BCUT2D eigenvalue weighted by Crippen LogP contribution is -2.60. The van der Waals surface area contributed by atoms with Gasteiger partial charge < -0.3 is 59.0 Å². The Labute approximate surface area is 585 Å². The first-order valence-corrected chi connectivity index (χ1v) is 38.7. The summed E-state index contributed by atoms with van der Waals surface area (Å²) in [6, 6.07) is 35.9. The van der Waals surface area contributed by atoms with Crippen LogP contribution in [0.15, 0.2) is 128 Å². The first-order valence-electron chi connectivity index (χ1n) is 34.3. The molecule has 0 radical (unpaired) electrons. The van der Waals surface area contributed by atoms with E-state index in [1.54, 1.807) is 20.6 Å². The highest BCUT2D eigenvalue weighted by Crippen LogP contribution is 2.42. The van der Waals surface area contributed by atoms with Gasteiger partial charge in [0.25, 0.3) is 5.91 Å². The van der Waals surface area contributed by atoms with Crippen LogP contribution in [-0.2, 0) is 29.6 Å². The number of morpholine rings is 1. The number of rotatable bonds is 9. The second kappa shape index (κ2) is 27.8. The van der Waals surface area contributed by atoms with Gasteiger partial charge in [-0.05, 0) is 150 Å². The number of nitrogens with one attached hydrogen (secondary N) is 5. The second-order valence-electron chi connectivity index (χ2n) is 28.5. The van der Waals surface area contributed by atoms with Gasteiger partial charge in [0.1, 0.15) is 5.54 Å². The summed E-state index contributed by atoms with van der Waals surface area (Å²) in [7, 11) is -4.72. The van der Waals surface area contributed by atoms with Crippen molar-refractivity contribution in [2.24, 2.45) is 0 Å². The van der Waals surface area contributed by atoms with Gasteiger partial charge in [0.15, 0.2) is 0 Å². The molecule has 522 valence electrons. The Morgan fingerprint density at radius 3 is 1.29 bits per heavy atom. The smallest absolute Gasteiger partial charge is 0.324 e. The topological polar surface area (TPSA) is 216 Å². The van der Waals surface area contributed by atoms with Crippen LogP contribution in [-0.4, -0.2) is 203 Å². The van der Waals surface area contributed by atoms with Gasteiger partial charge in [0, 0.05) is 222 Å². The number of H-pyrrole nitrogens is 4. The van der Waals surface area contributed by atoms with Crippen LogP contribution in [0.1, 0.15) is 77.7 Å². The molecule has 5 N–H and O–H groups in total. The Balaban J connectivity index is 0.000000118. The summed E-state index contributed by atoms with van der Waals surface area (Å²) >= 11 is 12.5. The Hall–Kier alpha value is -7.64. The van der Waals surface area contributed by atoms with E-state index in [4.69, 9.17) is 27.9 Å². The number of sulfonamides is 2. The molecule has 9 aromatic rings. The van der Waals surface area contributed by atoms with E-state index in [9.17, 15) is 26.4 Å². The van der Waals surface area contributed by atoms with E-state index in [0.29, 0.717) is 76.1 Å². The molecule has 7 saturated heterocycles. The van der Waals surface area contributed by atoms with Gasteiger partial charge in [-0.2, -0.15) is 8.61 Å². The van der Waals surface area contributed by atoms with Crippen LogP contribution in [0.5, 0.6) is 0 Å². The molecule has 16 rings (SSSR count). The predicted molar refractivity (Wildman–Crippen MR) is 399 cm³/mol. The Kier molecular flexibility index (Phi) is 19.5. The SMILES string of the molecule is CC1(C)CN(c2cc(N3CCCC3)cc3[nH]ccc23)CCN1S(C)(=O)=O.CC1(C)CN(c2cc(N3CCOCC3)cc3[nH]ccc23)CCN1S(C)(=O)=O.CN1C(=O)NC(=O)C12CCN(c1cc(Cl)cc3[nH]ccc13)CC2.Clc1cc(N2CCC(c3ccccc3)CC2)c2cc[nH]c2c1. The number of likely N-dealkylation sites (N-methyl/N-ethyl adjacent to an activating group) is 1. The maximum atomic E-state index is 12.2. The van der Waals surface area contributed by atoms with Crippen molar-refractivity contribution in [1.29, 1.82) is 0 Å². The maximum absolute atomic E-state index is 12.2. The third kappa shape index (κ3) is 14.3. The molecule has 21 nitrogen and oxygen atoms in total. The first-order chi connectivity index (χ1) is 46.8. The fourth-order valence-electron chi connectivity index (χ4n) is 16.1. The summed E-state index contributed by atoms with van der Waals surface area (Å²) in [5, 5.41) is 8.67. The number of benzene rings is 5. The molecule has 0 atom stereocenters. The lowest BCUT2D eigenvalue weighted by Gasteiger charge is -2.46. The van der Waals surface area contributed by atoms with Gasteiger partial charge in [-0.15, -0.1) is 0 Å². The highest BCUT2D eigenvalue weighted by Gasteiger charge is 2.52. The minimum Gasteiger partial charge on any atom is -0.378 e. The van der Waals surface area contributed by atoms with E-state index in [-0.39, 0.29) is 11.9 Å². The third-order valence-corrected chi connectivity index (χ3v) is 24.5. The molecule has 7 fully saturated rings. The molecule has 0 aliphatic carbocycles. The number of carbonyl (C=O) groups excluding carboxylic acids is 2. The summed E-state index contributed by atoms with van der Waals surface area (Å²) in [5.74, 6) is 0.501. The average Bonchev–Trinajstić information content (AvgIpc) is 1.49. The highest BCUT2D eigenvalue weighted by molar-refractivity contribution is 7.88. The summed E-state index contributed by atoms with van der Waals surface area (Å²) < 4.78 is 57.3. The van der Waals surface area contributed by atoms with Crippen LogP contribution in [0.25, 0.3) is 43.6 Å². The number of fused-ring (bicyclic) bond motifs is 4. The number of piperidine rings is 2. The van der Waals surface area contributed by atoms with E-state index in [1.807, 2.05) is 76.7 Å². The van der Waals surface area contributed by atoms with E-state index in [0.717, 1.165) is 96.3 Å². The van der Waals surface area contributed by atoms with Crippen LogP contribution in [0.2, 0.25) is 10.0 Å². The molecule has 0 bridgehead atoms. The average molecular weight is 1410 g/mol. The van der Waals surface area contributed by atoms with E-state index < -0.39 is 36.7 Å². The largest absolute Gasteiger partial charge is 0.378 e. The molecule has 98 heavy (non-hydrogen) atoms. The molecule has 4 aromatic heterocycles. The van der Waals surface area contributed by atoms with Crippen LogP contribution in [0, 0.1) is 0 Å². The van der Waals surface area contributed by atoms with Gasteiger partial charge in [0.2, 0.25) is 20.0 Å². The quantitative estimate of drug-likeness (QED) is 0.0851. The molecule has 1 spiro atoms. The van der Waals surface area contributed by atoms with Crippen molar-refractivity contribution in [1.82, 2.24) is 38.8 Å². The number of amides is 3. The molecule has 25 heteroatoms. The molecular weight excluding hydrogens is 1320 g/mol. The van der Waals surface area contributed by atoms with Crippen molar-refractivity contribution in [3.8, 4) is 0 Å². The predicted octanol–water partition coefficient (Wildman–Crippen LogP) is 12.0. The number of halogens is 2. The standard InChI is InChI=1S/C19H19ClN2.C19H28N4O3S.C19H28N4O2S.C16H17ClN4O2/c20-16-12-18-17(6-9-21-18)19(13-16)22-10-7-15(8-11-22)14-4-2-1-3-5-14;1-19(2)14-22(6-7-23(19)27(3,24)25)18-13-15(21-8-10-26-11-9-21)12-17-16(18)4-5-20-17;1-19(2)14-22(10-11-23(19)26(3,24)25)18-13-15(21-8-4-5-9-21)12-17-16(18)6-7-20-17;1-20-15(23)19-14(22)16(20)3-6-21(7-4-16)13-9-10(17)8-12-11(13)2-5-18-12/h1-6,9,12-13,15,21H,7-8,10-11H2;4-5,12-13,20H,6-11,14H2,1-3H3;6-7,12-13,20H,4-5,8-11,14H2,1-3H3;2,5,8-9,18H,3-4,6-7H2,1H3,(H,19,22,23). The van der Waals surface area contributed by atoms with Gasteiger partial charge >= 0.3 is 6.03 Å². The summed E-state index contributed by atoms with van der Waals surface area (Å²) in [5.41, 5.74) is 11.4. The van der Waals surface area contributed by atoms with E-state index >= 15 is 0 Å². The molecule has 7 aliphatic heterocycles. The van der Waals surface area contributed by atoms with Crippen molar-refractivity contribution < 1.29 is 31.2 Å². The molecule has 0 saturated carbocycles. The van der Waals surface area contributed by atoms with Crippen LogP contribution < -0.4 is 34.7 Å². The lowest BCUT2D eigenvalue weighted by atomic mass is 9.86. The van der Waals surface area contributed by atoms with Crippen molar-refractivity contribution in [3.05, 3.63) is 144 Å². The monoisotopic (exact) mass is 1410 g/mol. The number of hydrogen-bond donors (Lipinski definition) is 5. The zero-order valence-electron chi connectivity index (χ0n) is 57.2. The fraction of sp³-hybridized carbons (Fsp3) is 0.452. The zero-order valence-corrected chi connectivity index (χ0v) is 60.4. The molecule has 7 aliphatic rings. The fourth-order valence-corrected chi connectivity index (χ4v) is 19.3. The maximum Gasteiger partial charge on any atom is 0.324 e. The normalized spacial score (nSPS) is 20.2. The Morgan fingerprint density at radius 2 is 0.878 bits per heavy atom. The number of piperazine rings is 2. The molecule has 0 unspecified atom stereocenters. The lowest BCUT2D eigenvalue weighted by molar-refractivity contribution is -0.127. The van der Waals surface area contributed by atoms with Crippen LogP contribution in [0.3, 0.4) is 0 Å². The summed E-state index contributed by atoms with van der Waals surface area (Å²) in [6.45, 7) is 20.8. The number of anilines is 6. The van der Waals surface area contributed by atoms with E-state index in [2.05, 4.69) is 134 Å². The molecule has 11 heterocycles. The van der Waals surface area contributed by atoms with Gasteiger partial charge in [-0.25, -0.2) is 21.6 Å². The Bertz CT molecular complexity index is 4580. The van der Waals surface area contributed by atoms with Crippen molar-refractivity contribution in [2.45, 2.75) is 88.8 Å².